The molecule has 0 bridgehead atoms. The van der Waals surface area contributed by atoms with Crippen LogP contribution in [0.3, 0.4) is 0 Å². The number of anilines is 1. The lowest BCUT2D eigenvalue weighted by atomic mass is 9.97. The van der Waals surface area contributed by atoms with Crippen LogP contribution in [0.25, 0.3) is 0 Å². The number of nitrogens with two attached hydrogens (primary N) is 1. The van der Waals surface area contributed by atoms with E-state index in [1.54, 1.807) is 0 Å². The van der Waals surface area contributed by atoms with Crippen molar-refractivity contribution in [1.29, 1.82) is 0 Å². The largest absolute Gasteiger partial charge is 0.324 e. The van der Waals surface area contributed by atoms with Crippen LogP contribution in [0.15, 0.2) is 48.5 Å². The Morgan fingerprint density at radius 1 is 0.960 bits per heavy atom. The molecular weight excluding hydrogens is 314 g/mol. The van der Waals surface area contributed by atoms with Crippen LogP contribution in [0, 0.1) is 0 Å². The molecule has 3 N–H and O–H groups in total. The molecule has 0 fully saturated rings. The van der Waals surface area contributed by atoms with Crippen LogP contribution in [0.1, 0.15) is 34.3 Å². The van der Waals surface area contributed by atoms with Gasteiger partial charge >= 0.3 is 0 Å². The molecule has 2 aromatic rings. The summed E-state index contributed by atoms with van der Waals surface area (Å²) >= 11 is 0. The van der Waals surface area contributed by atoms with E-state index >= 15 is 0 Å². The highest BCUT2D eigenvalue weighted by Crippen LogP contribution is 2.17. The van der Waals surface area contributed by atoms with E-state index in [9.17, 15) is 9.59 Å². The Kier molecular flexibility index (Phi) is 6.86. The van der Waals surface area contributed by atoms with Gasteiger partial charge in [-0.2, -0.15) is 0 Å². The molecule has 0 unspecified atom stereocenters. The van der Waals surface area contributed by atoms with Gasteiger partial charge in [0.25, 0.3) is 0 Å². The van der Waals surface area contributed by atoms with Crippen molar-refractivity contribution in [3.63, 3.8) is 0 Å². The highest BCUT2D eigenvalue weighted by atomic mass is 16.1. The number of benzene rings is 2. The molecule has 0 aliphatic heterocycles. The zero-order chi connectivity index (χ0) is 18.2. The van der Waals surface area contributed by atoms with E-state index in [-0.39, 0.29) is 30.8 Å². The molecule has 0 radical (unpaired) electrons. The predicted octanol–water partition coefficient (Wildman–Crippen LogP) is 2.81. The first kappa shape index (κ1) is 18.8. The number of Topliss-reactive ketones (excluding diaryl/α,β-unsaturated/α-hetero) is 2. The van der Waals surface area contributed by atoms with Crippen LogP contribution >= 0.6 is 0 Å². The first-order valence-electron chi connectivity index (χ1n) is 8.33. The number of nitrogens with zero attached hydrogens (tertiary/aromatic N) is 1. The Labute approximate surface area is 148 Å². The van der Waals surface area contributed by atoms with Gasteiger partial charge in [0.15, 0.2) is 5.78 Å². The summed E-state index contributed by atoms with van der Waals surface area (Å²) in [5, 5.41) is 0. The smallest absolute Gasteiger partial charge is 0.163 e. The molecule has 0 aliphatic rings. The zero-order valence-electron chi connectivity index (χ0n) is 14.8. The van der Waals surface area contributed by atoms with Gasteiger partial charge in [0, 0.05) is 31.4 Å². The van der Waals surface area contributed by atoms with E-state index < -0.39 is 0 Å². The molecule has 2 aromatic carbocycles. The number of hydrazine groups is 1. The number of ketones is 2. The number of nitrogen functional groups attached to an aromatic ring is 1. The summed E-state index contributed by atoms with van der Waals surface area (Å²) in [4.78, 5) is 26.8. The van der Waals surface area contributed by atoms with Gasteiger partial charge in [-0.15, -0.1) is 0 Å². The molecule has 0 aromatic heterocycles. The minimum absolute atomic E-state index is 0.0102. The maximum Gasteiger partial charge on any atom is 0.163 e. The van der Waals surface area contributed by atoms with Crippen LogP contribution in [0.5, 0.6) is 0 Å². The summed E-state index contributed by atoms with van der Waals surface area (Å²) in [7, 11) is 3.93. The lowest BCUT2D eigenvalue weighted by Crippen LogP contribution is -2.15. The summed E-state index contributed by atoms with van der Waals surface area (Å²) in [6, 6.07) is 15.0. The molecule has 0 atom stereocenters. The van der Waals surface area contributed by atoms with E-state index in [2.05, 4.69) is 5.43 Å². The van der Waals surface area contributed by atoms with Crippen molar-refractivity contribution in [2.75, 3.05) is 19.5 Å². The molecule has 132 valence electrons. The molecule has 0 saturated carbocycles. The number of carbonyl (C=O) groups is 2. The molecule has 5 nitrogen and oxygen atoms in total. The van der Waals surface area contributed by atoms with Gasteiger partial charge in [-0.25, -0.2) is 0 Å². The average Bonchev–Trinajstić information content (AvgIpc) is 2.60. The van der Waals surface area contributed by atoms with Crippen LogP contribution < -0.4 is 11.3 Å². The summed E-state index contributed by atoms with van der Waals surface area (Å²) in [5.41, 5.74) is 5.86. The number of rotatable bonds is 9. The summed E-state index contributed by atoms with van der Waals surface area (Å²) in [6.07, 6.45) is 0.725. The minimum atomic E-state index is 0.0102. The molecule has 2 rings (SSSR count). The van der Waals surface area contributed by atoms with Gasteiger partial charge in [0.1, 0.15) is 5.78 Å². The number of hydrogen-bond acceptors (Lipinski definition) is 5. The summed E-state index contributed by atoms with van der Waals surface area (Å²) < 4.78 is 0. The molecule has 0 spiro atoms. The van der Waals surface area contributed by atoms with Crippen LogP contribution in [-0.4, -0.2) is 30.6 Å². The van der Waals surface area contributed by atoms with Crippen molar-refractivity contribution >= 4 is 17.3 Å². The van der Waals surface area contributed by atoms with E-state index in [1.165, 1.54) is 0 Å². The third kappa shape index (κ3) is 5.52. The Hall–Kier alpha value is -2.50. The Morgan fingerprint density at radius 3 is 2.28 bits per heavy atom. The first-order chi connectivity index (χ1) is 12.0. The third-order valence-corrected chi connectivity index (χ3v) is 4.00. The fourth-order valence-electron chi connectivity index (χ4n) is 2.77. The Bertz CT molecular complexity index is 741. The van der Waals surface area contributed by atoms with Crippen molar-refractivity contribution in [3.8, 4) is 0 Å². The molecular formula is C20H25N3O2. The Morgan fingerprint density at radius 2 is 1.60 bits per heavy atom. The first-order valence-corrected chi connectivity index (χ1v) is 8.33. The number of hydrogen-bond donors (Lipinski definition) is 2. The monoisotopic (exact) mass is 339 g/mol. The topological polar surface area (TPSA) is 75.4 Å². The van der Waals surface area contributed by atoms with Crippen molar-refractivity contribution in [2.45, 2.75) is 25.8 Å². The van der Waals surface area contributed by atoms with E-state index in [1.807, 2.05) is 67.5 Å². The Balaban J connectivity index is 1.97. The number of carbonyl (C=O) groups excluding carboxylic acids is 2. The zero-order valence-corrected chi connectivity index (χ0v) is 14.8. The number of para-hydroxylation sites is 1. The summed E-state index contributed by atoms with van der Waals surface area (Å²) in [6.45, 7) is 0.700. The predicted molar refractivity (Wildman–Crippen MR) is 100 cm³/mol. The van der Waals surface area contributed by atoms with Gasteiger partial charge in [-0.3, -0.25) is 15.4 Å². The SMILES string of the molecule is CN(C)Cc1ccccc1C(=O)CCC(=O)Cc1ccccc1NN. The molecule has 0 saturated heterocycles. The lowest BCUT2D eigenvalue weighted by Gasteiger charge is -2.13. The standard InChI is InChI=1S/C20H25N3O2/c1-23(2)14-16-8-3-5-9-18(16)20(25)12-11-17(24)13-15-7-4-6-10-19(15)22-21/h3-10,22H,11-14,21H2,1-2H3. The molecule has 0 amide bonds. The second-order valence-corrected chi connectivity index (χ2v) is 6.34. The van der Waals surface area contributed by atoms with Crippen molar-refractivity contribution in [2.24, 2.45) is 5.84 Å². The molecule has 5 heteroatoms. The average molecular weight is 339 g/mol. The fraction of sp³-hybridized carbons (Fsp3) is 0.300. The van der Waals surface area contributed by atoms with Gasteiger partial charge in [0.05, 0.1) is 5.69 Å². The number of nitrogens with one attached hydrogen (secondary N) is 1. The molecule has 25 heavy (non-hydrogen) atoms. The fourth-order valence-corrected chi connectivity index (χ4v) is 2.77. The third-order valence-electron chi connectivity index (χ3n) is 4.00. The second kappa shape index (κ2) is 9.11. The van der Waals surface area contributed by atoms with E-state index in [0.29, 0.717) is 12.1 Å². The van der Waals surface area contributed by atoms with Crippen molar-refractivity contribution < 1.29 is 9.59 Å². The maximum atomic E-state index is 12.5. The molecule has 0 heterocycles. The van der Waals surface area contributed by atoms with Gasteiger partial charge in [0.2, 0.25) is 0 Å². The van der Waals surface area contributed by atoms with Crippen molar-refractivity contribution in [3.05, 3.63) is 65.2 Å². The minimum Gasteiger partial charge on any atom is -0.324 e. The van der Waals surface area contributed by atoms with E-state index in [4.69, 9.17) is 5.84 Å². The van der Waals surface area contributed by atoms with Gasteiger partial charge in [-0.05, 0) is 31.3 Å². The van der Waals surface area contributed by atoms with Gasteiger partial charge in [-0.1, -0.05) is 42.5 Å². The highest BCUT2D eigenvalue weighted by molar-refractivity contribution is 5.99. The van der Waals surface area contributed by atoms with Crippen LogP contribution in [0.2, 0.25) is 0 Å². The van der Waals surface area contributed by atoms with Crippen molar-refractivity contribution in [1.82, 2.24) is 4.90 Å². The quantitative estimate of drug-likeness (QED) is 0.417. The highest BCUT2D eigenvalue weighted by Gasteiger charge is 2.14. The van der Waals surface area contributed by atoms with E-state index in [0.717, 1.165) is 16.8 Å². The van der Waals surface area contributed by atoms with Crippen LogP contribution in [-0.2, 0) is 17.8 Å². The second-order valence-electron chi connectivity index (χ2n) is 6.34. The lowest BCUT2D eigenvalue weighted by molar-refractivity contribution is -0.118. The maximum absolute atomic E-state index is 12.5. The normalized spacial score (nSPS) is 10.7. The van der Waals surface area contributed by atoms with Crippen LogP contribution in [0.4, 0.5) is 5.69 Å². The summed E-state index contributed by atoms with van der Waals surface area (Å²) in [5.74, 6) is 5.50. The molecule has 0 aliphatic carbocycles. The van der Waals surface area contributed by atoms with Gasteiger partial charge < -0.3 is 10.3 Å².